The van der Waals surface area contributed by atoms with E-state index in [4.69, 9.17) is 0 Å². The number of hydrogen-bond acceptors (Lipinski definition) is 2. The molecule has 1 aliphatic carbocycles. The summed E-state index contributed by atoms with van der Waals surface area (Å²) in [6, 6.07) is 0.406. The first-order valence-electron chi connectivity index (χ1n) is 8.36. The Morgan fingerprint density at radius 3 is 2.55 bits per heavy atom. The highest BCUT2D eigenvalue weighted by molar-refractivity contribution is 5.90. The van der Waals surface area contributed by atoms with Crippen LogP contribution < -0.4 is 5.32 Å². The van der Waals surface area contributed by atoms with Crippen LogP contribution in [0.5, 0.6) is 0 Å². The van der Waals surface area contributed by atoms with Gasteiger partial charge in [0.25, 0.3) is 0 Å². The number of carbonyl (C=O) groups excluding carboxylic acids is 1. The third-order valence-electron chi connectivity index (χ3n) is 5.21. The predicted octanol–water partition coefficient (Wildman–Crippen LogP) is 3.68. The second-order valence-electron chi connectivity index (χ2n) is 8.31. The van der Waals surface area contributed by atoms with Gasteiger partial charge in [0.15, 0.2) is 0 Å². The van der Waals surface area contributed by atoms with Gasteiger partial charge < -0.3 is 10.2 Å². The first-order valence-corrected chi connectivity index (χ1v) is 8.36. The fraction of sp³-hybridized carbons (Fsp3) is 0.765. The van der Waals surface area contributed by atoms with Gasteiger partial charge in [-0.05, 0) is 39.5 Å². The number of rotatable bonds is 2. The molecule has 5 heteroatoms. The molecule has 22 heavy (non-hydrogen) atoms. The molecule has 1 aromatic rings. The Bertz CT molecular complexity index is 565. The summed E-state index contributed by atoms with van der Waals surface area (Å²) in [5, 5.41) is 7.35. The van der Waals surface area contributed by atoms with E-state index in [0.29, 0.717) is 17.4 Å². The summed E-state index contributed by atoms with van der Waals surface area (Å²) >= 11 is 0. The minimum atomic E-state index is -0.0732. The molecular formula is C17H28N4O. The molecule has 0 bridgehead atoms. The largest absolute Gasteiger partial charge is 0.322 e. The third-order valence-corrected chi connectivity index (χ3v) is 5.21. The van der Waals surface area contributed by atoms with Crippen LogP contribution in [0.4, 0.5) is 10.5 Å². The normalized spacial score (nSPS) is 23.4. The maximum absolute atomic E-state index is 12.6. The molecule has 2 amide bonds. The van der Waals surface area contributed by atoms with E-state index in [0.717, 1.165) is 12.2 Å². The Balaban J connectivity index is 1.66. The maximum atomic E-state index is 12.6. The summed E-state index contributed by atoms with van der Waals surface area (Å²) in [4.78, 5) is 14.6. The van der Waals surface area contributed by atoms with E-state index in [1.54, 1.807) is 6.20 Å². The van der Waals surface area contributed by atoms with Crippen LogP contribution in [0.1, 0.15) is 53.9 Å². The lowest BCUT2D eigenvalue weighted by Crippen LogP contribution is -2.71. The number of urea groups is 1. The van der Waals surface area contributed by atoms with E-state index in [9.17, 15) is 4.79 Å². The minimum absolute atomic E-state index is 0.0182. The van der Waals surface area contributed by atoms with E-state index in [2.05, 4.69) is 45.0 Å². The lowest BCUT2D eigenvalue weighted by atomic mass is 9.55. The van der Waals surface area contributed by atoms with Gasteiger partial charge in [0.1, 0.15) is 0 Å². The van der Waals surface area contributed by atoms with E-state index in [-0.39, 0.29) is 11.6 Å². The summed E-state index contributed by atoms with van der Waals surface area (Å²) in [6.07, 6.45) is 7.51. The van der Waals surface area contributed by atoms with Gasteiger partial charge in [-0.3, -0.25) is 4.68 Å². The van der Waals surface area contributed by atoms with Crippen LogP contribution >= 0.6 is 0 Å². The van der Waals surface area contributed by atoms with Gasteiger partial charge >= 0.3 is 6.03 Å². The number of carbonyl (C=O) groups is 1. The highest BCUT2D eigenvalue weighted by atomic mass is 16.2. The van der Waals surface area contributed by atoms with Crippen molar-refractivity contribution in [2.75, 3.05) is 11.9 Å². The van der Waals surface area contributed by atoms with Crippen molar-refractivity contribution in [3.8, 4) is 0 Å². The van der Waals surface area contributed by atoms with Crippen LogP contribution in [0.15, 0.2) is 12.4 Å². The molecule has 1 unspecified atom stereocenters. The van der Waals surface area contributed by atoms with Crippen molar-refractivity contribution in [3.63, 3.8) is 0 Å². The van der Waals surface area contributed by atoms with E-state index < -0.39 is 0 Å². The number of hydrogen-bond donors (Lipinski definition) is 1. The van der Waals surface area contributed by atoms with Crippen molar-refractivity contribution >= 4 is 11.7 Å². The molecule has 5 nitrogen and oxygen atoms in total. The monoisotopic (exact) mass is 304 g/mol. The molecule has 2 heterocycles. The second-order valence-corrected chi connectivity index (χ2v) is 8.31. The van der Waals surface area contributed by atoms with E-state index in [1.165, 1.54) is 19.3 Å². The van der Waals surface area contributed by atoms with Crippen LogP contribution in [0.25, 0.3) is 0 Å². The molecular weight excluding hydrogens is 276 g/mol. The zero-order valence-electron chi connectivity index (χ0n) is 14.4. The lowest BCUT2D eigenvalue weighted by Gasteiger charge is -2.63. The molecule has 2 aliphatic rings. The van der Waals surface area contributed by atoms with Crippen LogP contribution in [0.3, 0.4) is 0 Å². The Labute approximate surface area is 133 Å². The maximum Gasteiger partial charge on any atom is 0.322 e. The molecule has 2 fully saturated rings. The van der Waals surface area contributed by atoms with E-state index >= 15 is 0 Å². The summed E-state index contributed by atoms with van der Waals surface area (Å²) in [5.74, 6) is 0.511. The first-order chi connectivity index (χ1) is 10.2. The van der Waals surface area contributed by atoms with Crippen LogP contribution in [0.2, 0.25) is 0 Å². The van der Waals surface area contributed by atoms with Crippen molar-refractivity contribution in [2.45, 2.75) is 65.5 Å². The third kappa shape index (κ3) is 2.40. The molecule has 1 aromatic heterocycles. The summed E-state index contributed by atoms with van der Waals surface area (Å²) < 4.78 is 1.88. The minimum Gasteiger partial charge on any atom is -0.320 e. The van der Waals surface area contributed by atoms with Gasteiger partial charge in [-0.2, -0.15) is 5.10 Å². The number of amides is 2. The van der Waals surface area contributed by atoms with Crippen LogP contribution in [0, 0.1) is 11.3 Å². The van der Waals surface area contributed by atoms with Gasteiger partial charge in [0, 0.05) is 24.2 Å². The van der Waals surface area contributed by atoms with Crippen LogP contribution in [-0.2, 0) is 5.54 Å². The zero-order chi connectivity index (χ0) is 16.1. The standard InChI is InChI=1S/C17H28N4O/c1-12(2)14-17(7-6-8-17)11-20(14)15(22)19-13-9-18-21(10-13)16(3,4)5/h9-10,12,14H,6-8,11H2,1-5H3,(H,19,22). The highest BCUT2D eigenvalue weighted by Gasteiger charge is 2.58. The molecule has 1 N–H and O–H groups in total. The van der Waals surface area contributed by atoms with Crippen molar-refractivity contribution in [2.24, 2.45) is 11.3 Å². The molecule has 0 aromatic carbocycles. The Kier molecular flexibility index (Phi) is 3.49. The Hall–Kier alpha value is -1.52. The fourth-order valence-corrected chi connectivity index (χ4v) is 4.05. The number of anilines is 1. The second kappa shape index (κ2) is 5.00. The Morgan fingerprint density at radius 1 is 1.41 bits per heavy atom. The number of nitrogens with one attached hydrogen (secondary N) is 1. The predicted molar refractivity (Wildman–Crippen MR) is 87.9 cm³/mol. The van der Waals surface area contributed by atoms with Gasteiger partial charge in [-0.15, -0.1) is 0 Å². The van der Waals surface area contributed by atoms with Gasteiger partial charge in [-0.1, -0.05) is 20.3 Å². The first kappa shape index (κ1) is 15.4. The molecule has 1 saturated carbocycles. The number of nitrogens with zero attached hydrogens (tertiary/aromatic N) is 3. The highest BCUT2D eigenvalue weighted by Crippen LogP contribution is 2.55. The fourth-order valence-electron chi connectivity index (χ4n) is 4.05. The quantitative estimate of drug-likeness (QED) is 0.906. The molecule has 3 rings (SSSR count). The molecule has 1 saturated heterocycles. The van der Waals surface area contributed by atoms with Crippen LogP contribution in [-0.4, -0.2) is 33.3 Å². The molecule has 1 aliphatic heterocycles. The summed E-state index contributed by atoms with van der Waals surface area (Å²) in [6.45, 7) is 11.6. The SMILES string of the molecule is CC(C)C1N(C(=O)Nc2cnn(C(C)(C)C)c2)CC12CCC2. The molecule has 122 valence electrons. The summed E-state index contributed by atoms with van der Waals surface area (Å²) in [5.41, 5.74) is 1.12. The average molecular weight is 304 g/mol. The van der Waals surface area contributed by atoms with Gasteiger partial charge in [-0.25, -0.2) is 4.79 Å². The van der Waals surface area contributed by atoms with E-state index in [1.807, 2.05) is 15.8 Å². The van der Waals surface area contributed by atoms with Crippen molar-refractivity contribution in [3.05, 3.63) is 12.4 Å². The van der Waals surface area contributed by atoms with Gasteiger partial charge in [0.05, 0.1) is 17.4 Å². The molecule has 1 atom stereocenters. The lowest BCUT2D eigenvalue weighted by molar-refractivity contribution is -0.114. The Morgan fingerprint density at radius 2 is 2.09 bits per heavy atom. The topological polar surface area (TPSA) is 50.2 Å². The van der Waals surface area contributed by atoms with Crippen molar-refractivity contribution < 1.29 is 4.79 Å². The van der Waals surface area contributed by atoms with Crippen molar-refractivity contribution in [1.82, 2.24) is 14.7 Å². The smallest absolute Gasteiger partial charge is 0.320 e. The van der Waals surface area contributed by atoms with Gasteiger partial charge in [0.2, 0.25) is 0 Å². The molecule has 1 spiro atoms. The number of aromatic nitrogens is 2. The zero-order valence-corrected chi connectivity index (χ0v) is 14.4. The van der Waals surface area contributed by atoms with Crippen molar-refractivity contribution in [1.29, 1.82) is 0 Å². The summed E-state index contributed by atoms with van der Waals surface area (Å²) in [7, 11) is 0. The molecule has 0 radical (unpaired) electrons. The number of likely N-dealkylation sites (tertiary alicyclic amines) is 1. The average Bonchev–Trinajstić information content (AvgIpc) is 2.72.